The highest BCUT2D eigenvalue weighted by molar-refractivity contribution is 7.89. The molecule has 0 radical (unpaired) electrons. The number of hydrogen-bond donors (Lipinski definition) is 1. The molecule has 2 fully saturated rings. The maximum absolute atomic E-state index is 13.1. The number of benzene rings is 2. The van der Waals surface area contributed by atoms with Gasteiger partial charge in [0, 0.05) is 30.3 Å². The highest BCUT2D eigenvalue weighted by Gasteiger charge is 2.47. The fourth-order valence-electron chi connectivity index (χ4n) is 4.31. The van der Waals surface area contributed by atoms with Crippen LogP contribution in [0.5, 0.6) is 11.5 Å². The Kier molecular flexibility index (Phi) is 5.23. The highest BCUT2D eigenvalue weighted by Crippen LogP contribution is 2.39. The van der Waals surface area contributed by atoms with Gasteiger partial charge in [0.05, 0.1) is 19.1 Å². The van der Waals surface area contributed by atoms with E-state index in [0.717, 1.165) is 6.42 Å². The second-order valence-electron chi connectivity index (χ2n) is 7.48. The molecule has 0 spiro atoms. The first-order chi connectivity index (χ1) is 13.9. The Balaban J connectivity index is 1.46. The Bertz CT molecular complexity index is 987. The van der Waals surface area contributed by atoms with Crippen LogP contribution in [0, 0.1) is 5.92 Å². The van der Waals surface area contributed by atoms with Crippen LogP contribution < -0.4 is 14.2 Å². The van der Waals surface area contributed by atoms with Gasteiger partial charge >= 0.3 is 0 Å². The van der Waals surface area contributed by atoms with E-state index < -0.39 is 10.0 Å². The molecule has 7 nitrogen and oxygen atoms in total. The number of fused-ring (bicyclic) bond motifs is 2. The Morgan fingerprint density at radius 2 is 1.69 bits per heavy atom. The molecule has 1 saturated heterocycles. The van der Waals surface area contributed by atoms with Crippen LogP contribution in [0.1, 0.15) is 23.2 Å². The van der Waals surface area contributed by atoms with Crippen LogP contribution in [-0.4, -0.2) is 52.1 Å². The first-order valence-electron chi connectivity index (χ1n) is 9.52. The molecule has 2 aliphatic rings. The SMILES string of the molecule is COc1cc(OC)cc(C(=O)N2CC3CC2CC3NS(=O)(=O)c2ccccc2)c1. The monoisotopic (exact) mass is 416 g/mol. The van der Waals surface area contributed by atoms with Crippen molar-refractivity contribution in [1.29, 1.82) is 0 Å². The number of rotatable bonds is 6. The molecule has 2 bridgehead atoms. The number of piperidine rings is 1. The molecule has 8 heteroatoms. The summed E-state index contributed by atoms with van der Waals surface area (Å²) in [7, 11) is -0.469. The number of likely N-dealkylation sites (tertiary alicyclic amines) is 1. The third-order valence-electron chi connectivity index (χ3n) is 5.76. The summed E-state index contributed by atoms with van der Waals surface area (Å²) in [6.07, 6.45) is 1.42. The summed E-state index contributed by atoms with van der Waals surface area (Å²) in [5.74, 6) is 1.14. The zero-order valence-corrected chi connectivity index (χ0v) is 17.2. The van der Waals surface area contributed by atoms with Gasteiger partial charge in [-0.25, -0.2) is 13.1 Å². The van der Waals surface area contributed by atoms with Gasteiger partial charge in [0.15, 0.2) is 0 Å². The van der Waals surface area contributed by atoms with Gasteiger partial charge in [0.2, 0.25) is 10.0 Å². The largest absolute Gasteiger partial charge is 0.497 e. The Hall–Kier alpha value is -2.58. The van der Waals surface area contributed by atoms with Crippen molar-refractivity contribution in [2.75, 3.05) is 20.8 Å². The predicted octanol–water partition coefficient (Wildman–Crippen LogP) is 2.29. The number of methoxy groups -OCH3 is 2. The van der Waals surface area contributed by atoms with Gasteiger partial charge < -0.3 is 14.4 Å². The molecular formula is C21H24N2O5S. The van der Waals surface area contributed by atoms with Crippen LogP contribution in [0.15, 0.2) is 53.4 Å². The van der Waals surface area contributed by atoms with Gasteiger partial charge in [0.25, 0.3) is 5.91 Å². The van der Waals surface area contributed by atoms with Crippen LogP contribution in [0.2, 0.25) is 0 Å². The topological polar surface area (TPSA) is 84.9 Å². The standard InChI is InChI=1S/C21H24N2O5S/c1-27-17-9-14(10-18(12-17)28-2)21(24)23-13-15-8-16(23)11-20(15)22-29(25,26)19-6-4-3-5-7-19/h3-7,9-10,12,15-16,20,22H,8,11,13H2,1-2H3. The van der Waals surface area contributed by atoms with Crippen molar-refractivity contribution in [1.82, 2.24) is 9.62 Å². The molecule has 2 aromatic carbocycles. The molecule has 1 aliphatic carbocycles. The van der Waals surface area contributed by atoms with Gasteiger partial charge in [-0.2, -0.15) is 0 Å². The summed E-state index contributed by atoms with van der Waals surface area (Å²) in [6, 6.07) is 13.4. The zero-order chi connectivity index (χ0) is 20.6. The third kappa shape index (κ3) is 3.82. The van der Waals surface area contributed by atoms with Gasteiger partial charge in [-0.15, -0.1) is 0 Å². The lowest BCUT2D eigenvalue weighted by Gasteiger charge is -2.32. The maximum atomic E-state index is 13.1. The number of nitrogens with one attached hydrogen (secondary N) is 1. The molecule has 4 rings (SSSR count). The second kappa shape index (κ2) is 7.68. The van der Waals surface area contributed by atoms with Crippen molar-refractivity contribution in [3.8, 4) is 11.5 Å². The van der Waals surface area contributed by atoms with Crippen LogP contribution in [0.25, 0.3) is 0 Å². The number of amides is 1. The molecule has 1 amide bonds. The lowest BCUT2D eigenvalue weighted by Crippen LogP contribution is -2.47. The molecule has 1 N–H and O–H groups in total. The molecule has 3 unspecified atom stereocenters. The summed E-state index contributed by atoms with van der Waals surface area (Å²) < 4.78 is 38.6. The Labute approximate surface area is 170 Å². The van der Waals surface area contributed by atoms with Crippen LogP contribution in [-0.2, 0) is 10.0 Å². The molecule has 0 aromatic heterocycles. The van der Waals surface area contributed by atoms with Gasteiger partial charge in [-0.1, -0.05) is 18.2 Å². The minimum Gasteiger partial charge on any atom is -0.497 e. The van der Waals surface area contributed by atoms with Crippen LogP contribution in [0.4, 0.5) is 0 Å². The summed E-state index contributed by atoms with van der Waals surface area (Å²) >= 11 is 0. The van der Waals surface area contributed by atoms with Crippen molar-refractivity contribution in [2.45, 2.75) is 29.8 Å². The Morgan fingerprint density at radius 1 is 1.03 bits per heavy atom. The van der Waals surface area contributed by atoms with Crippen molar-refractivity contribution < 1.29 is 22.7 Å². The lowest BCUT2D eigenvalue weighted by molar-refractivity contribution is 0.0690. The van der Waals surface area contributed by atoms with Crippen molar-refractivity contribution in [2.24, 2.45) is 5.92 Å². The van der Waals surface area contributed by atoms with E-state index in [-0.39, 0.29) is 28.8 Å². The molecule has 154 valence electrons. The van der Waals surface area contributed by atoms with E-state index in [1.165, 1.54) is 0 Å². The van der Waals surface area contributed by atoms with Gasteiger partial charge in [-0.3, -0.25) is 4.79 Å². The average molecular weight is 416 g/mol. The molecule has 29 heavy (non-hydrogen) atoms. The predicted molar refractivity (Wildman–Crippen MR) is 108 cm³/mol. The third-order valence-corrected chi connectivity index (χ3v) is 7.27. The second-order valence-corrected chi connectivity index (χ2v) is 9.20. The fraction of sp³-hybridized carbons (Fsp3) is 0.381. The van der Waals surface area contributed by atoms with Crippen LogP contribution in [0.3, 0.4) is 0 Å². The first kappa shape index (κ1) is 19.7. The molecule has 1 heterocycles. The van der Waals surface area contributed by atoms with Crippen molar-refractivity contribution >= 4 is 15.9 Å². The number of nitrogens with zero attached hydrogens (tertiary/aromatic N) is 1. The number of carbonyl (C=O) groups is 1. The first-order valence-corrected chi connectivity index (χ1v) is 11.0. The number of ether oxygens (including phenoxy) is 2. The number of carbonyl (C=O) groups excluding carboxylic acids is 1. The van der Waals surface area contributed by atoms with E-state index in [2.05, 4.69) is 4.72 Å². The van der Waals surface area contributed by atoms with Gasteiger partial charge in [-0.05, 0) is 43.0 Å². The average Bonchev–Trinajstić information content (AvgIpc) is 3.33. The summed E-state index contributed by atoms with van der Waals surface area (Å²) in [5.41, 5.74) is 0.509. The fourth-order valence-corrected chi connectivity index (χ4v) is 5.65. The van der Waals surface area contributed by atoms with E-state index >= 15 is 0 Å². The van der Waals surface area contributed by atoms with Gasteiger partial charge in [0.1, 0.15) is 11.5 Å². The molecular weight excluding hydrogens is 392 g/mol. The lowest BCUT2D eigenvalue weighted by atomic mass is 10.0. The zero-order valence-electron chi connectivity index (χ0n) is 16.4. The normalized spacial score (nSPS) is 23.2. The highest BCUT2D eigenvalue weighted by atomic mass is 32.2. The number of sulfonamides is 1. The van der Waals surface area contributed by atoms with Crippen molar-refractivity contribution in [3.05, 3.63) is 54.1 Å². The molecule has 1 saturated carbocycles. The molecule has 2 aromatic rings. The van der Waals surface area contributed by atoms with E-state index in [1.54, 1.807) is 62.8 Å². The van der Waals surface area contributed by atoms with E-state index in [0.29, 0.717) is 30.0 Å². The van der Waals surface area contributed by atoms with E-state index in [1.807, 2.05) is 4.90 Å². The van der Waals surface area contributed by atoms with E-state index in [4.69, 9.17) is 9.47 Å². The number of hydrogen-bond acceptors (Lipinski definition) is 5. The minimum absolute atomic E-state index is 0.0215. The summed E-state index contributed by atoms with van der Waals surface area (Å²) in [5, 5.41) is 0. The van der Waals surface area contributed by atoms with E-state index in [9.17, 15) is 13.2 Å². The Morgan fingerprint density at radius 3 is 2.24 bits per heavy atom. The minimum atomic E-state index is -3.56. The van der Waals surface area contributed by atoms with Crippen molar-refractivity contribution in [3.63, 3.8) is 0 Å². The summed E-state index contributed by atoms with van der Waals surface area (Å²) in [6.45, 7) is 0.533. The van der Waals surface area contributed by atoms with Crippen LogP contribution >= 0.6 is 0 Å². The summed E-state index contributed by atoms with van der Waals surface area (Å²) in [4.78, 5) is 15.2. The molecule has 1 aliphatic heterocycles. The quantitative estimate of drug-likeness (QED) is 0.781. The smallest absolute Gasteiger partial charge is 0.254 e. The molecule has 3 atom stereocenters. The maximum Gasteiger partial charge on any atom is 0.254 e.